The van der Waals surface area contributed by atoms with Gasteiger partial charge < -0.3 is 15.4 Å². The van der Waals surface area contributed by atoms with E-state index in [1.165, 1.54) is 11.3 Å². The predicted octanol–water partition coefficient (Wildman–Crippen LogP) is 3.96. The SMILES string of the molecule is COc1ccc(-c2ccc(/C=C3\NC(=O)N(CC(=O)Nc4ccccc4)C3=O)s2)cc1. The van der Waals surface area contributed by atoms with Crippen LogP contribution in [0.25, 0.3) is 16.5 Å². The molecule has 4 amide bonds. The van der Waals surface area contributed by atoms with Crippen LogP contribution in [0.4, 0.5) is 10.5 Å². The van der Waals surface area contributed by atoms with Crippen molar-refractivity contribution in [2.24, 2.45) is 0 Å². The molecule has 2 N–H and O–H groups in total. The van der Waals surface area contributed by atoms with E-state index in [-0.39, 0.29) is 12.2 Å². The van der Waals surface area contributed by atoms with Crippen molar-refractivity contribution >= 4 is 40.9 Å². The predicted molar refractivity (Wildman–Crippen MR) is 120 cm³/mol. The maximum atomic E-state index is 12.6. The topological polar surface area (TPSA) is 87.7 Å². The average Bonchev–Trinajstić information content (AvgIpc) is 3.35. The number of methoxy groups -OCH3 is 1. The smallest absolute Gasteiger partial charge is 0.329 e. The summed E-state index contributed by atoms with van der Waals surface area (Å²) in [7, 11) is 1.62. The van der Waals surface area contributed by atoms with Crippen molar-refractivity contribution in [2.45, 2.75) is 0 Å². The standard InChI is InChI=1S/C23H19N3O4S/c1-30-17-9-7-15(8-10-17)20-12-11-18(31-20)13-19-22(28)26(23(29)25-19)14-21(27)24-16-5-3-2-4-6-16/h2-13H,14H2,1H3,(H,24,27)(H,25,29)/b19-13-. The van der Waals surface area contributed by atoms with Gasteiger partial charge in [-0.2, -0.15) is 0 Å². The van der Waals surface area contributed by atoms with Gasteiger partial charge in [-0.25, -0.2) is 9.69 Å². The van der Waals surface area contributed by atoms with Crippen LogP contribution in [0.3, 0.4) is 0 Å². The molecule has 1 aliphatic rings. The van der Waals surface area contributed by atoms with Gasteiger partial charge in [0.2, 0.25) is 5.91 Å². The van der Waals surface area contributed by atoms with Crippen LogP contribution in [-0.4, -0.2) is 36.4 Å². The number of ether oxygens (including phenoxy) is 1. The summed E-state index contributed by atoms with van der Waals surface area (Å²) >= 11 is 1.49. The molecular formula is C23H19N3O4S. The molecule has 156 valence electrons. The number of urea groups is 1. The lowest BCUT2D eigenvalue weighted by Crippen LogP contribution is -2.38. The Morgan fingerprint density at radius 3 is 2.52 bits per heavy atom. The normalized spacial score (nSPS) is 14.6. The van der Waals surface area contributed by atoms with Crippen molar-refractivity contribution < 1.29 is 19.1 Å². The molecule has 4 rings (SSSR count). The number of amides is 4. The first-order valence-corrected chi connectivity index (χ1v) is 10.3. The zero-order valence-corrected chi connectivity index (χ0v) is 17.4. The number of imide groups is 1. The zero-order valence-electron chi connectivity index (χ0n) is 16.6. The van der Waals surface area contributed by atoms with E-state index in [0.29, 0.717) is 5.69 Å². The molecule has 0 radical (unpaired) electrons. The van der Waals surface area contributed by atoms with E-state index in [4.69, 9.17) is 4.74 Å². The first-order chi connectivity index (χ1) is 15.0. The van der Waals surface area contributed by atoms with Gasteiger partial charge in [-0.05, 0) is 60.2 Å². The Morgan fingerprint density at radius 1 is 1.06 bits per heavy atom. The van der Waals surface area contributed by atoms with Crippen molar-refractivity contribution in [3.63, 3.8) is 0 Å². The zero-order chi connectivity index (χ0) is 21.8. The van der Waals surface area contributed by atoms with E-state index in [1.807, 2.05) is 42.5 Å². The van der Waals surface area contributed by atoms with Crippen molar-refractivity contribution in [1.82, 2.24) is 10.2 Å². The summed E-state index contributed by atoms with van der Waals surface area (Å²) < 4.78 is 5.17. The van der Waals surface area contributed by atoms with Crippen molar-refractivity contribution in [2.75, 3.05) is 19.0 Å². The van der Waals surface area contributed by atoms with Crippen LogP contribution in [0.5, 0.6) is 5.75 Å². The van der Waals surface area contributed by atoms with Crippen LogP contribution in [-0.2, 0) is 9.59 Å². The first-order valence-electron chi connectivity index (χ1n) is 9.47. The van der Waals surface area contributed by atoms with Gasteiger partial charge in [0, 0.05) is 15.4 Å². The van der Waals surface area contributed by atoms with E-state index in [9.17, 15) is 14.4 Å². The molecule has 1 aliphatic heterocycles. The summed E-state index contributed by atoms with van der Waals surface area (Å²) in [6.45, 7) is -0.363. The Labute approximate surface area is 183 Å². The van der Waals surface area contributed by atoms with E-state index in [1.54, 1.807) is 37.5 Å². The Kier molecular flexibility index (Phi) is 5.81. The Bertz CT molecular complexity index is 1150. The second-order valence-corrected chi connectivity index (χ2v) is 7.84. The number of rotatable bonds is 6. The molecule has 2 aromatic carbocycles. The Balaban J connectivity index is 1.44. The third kappa shape index (κ3) is 4.65. The first kappa shape index (κ1) is 20.4. The molecule has 3 aromatic rings. The summed E-state index contributed by atoms with van der Waals surface area (Å²) in [5.74, 6) is -0.209. The minimum Gasteiger partial charge on any atom is -0.497 e. The molecule has 0 spiro atoms. The molecule has 0 saturated carbocycles. The molecule has 31 heavy (non-hydrogen) atoms. The molecule has 1 saturated heterocycles. The fraction of sp³-hybridized carbons (Fsp3) is 0.0870. The quantitative estimate of drug-likeness (QED) is 0.455. The molecule has 8 heteroatoms. The van der Waals surface area contributed by atoms with Gasteiger partial charge >= 0.3 is 6.03 Å². The van der Waals surface area contributed by atoms with Crippen molar-refractivity contribution in [3.05, 3.63) is 77.3 Å². The highest BCUT2D eigenvalue weighted by Gasteiger charge is 2.35. The lowest BCUT2D eigenvalue weighted by Gasteiger charge is -2.11. The molecule has 0 aliphatic carbocycles. The number of nitrogens with zero attached hydrogens (tertiary/aromatic N) is 1. The Hall–Kier alpha value is -3.91. The van der Waals surface area contributed by atoms with Crippen molar-refractivity contribution in [1.29, 1.82) is 0 Å². The van der Waals surface area contributed by atoms with Crippen LogP contribution in [0.1, 0.15) is 4.88 Å². The lowest BCUT2D eigenvalue weighted by atomic mass is 10.2. The van der Waals surface area contributed by atoms with Gasteiger partial charge in [0.15, 0.2) is 0 Å². The number of hydrogen-bond acceptors (Lipinski definition) is 5. The number of carbonyl (C=O) groups is 3. The van der Waals surface area contributed by atoms with Gasteiger partial charge in [-0.15, -0.1) is 11.3 Å². The summed E-state index contributed by atoms with van der Waals surface area (Å²) in [6.07, 6.45) is 1.62. The summed E-state index contributed by atoms with van der Waals surface area (Å²) in [4.78, 5) is 39.8. The number of hydrogen-bond donors (Lipinski definition) is 2. The minimum absolute atomic E-state index is 0.139. The monoisotopic (exact) mass is 433 g/mol. The lowest BCUT2D eigenvalue weighted by molar-refractivity contribution is -0.127. The number of nitrogens with one attached hydrogen (secondary N) is 2. The molecular weight excluding hydrogens is 414 g/mol. The number of para-hydroxylation sites is 1. The third-order valence-electron chi connectivity index (χ3n) is 4.61. The fourth-order valence-electron chi connectivity index (χ4n) is 3.06. The highest BCUT2D eigenvalue weighted by molar-refractivity contribution is 7.16. The van der Waals surface area contributed by atoms with Crippen LogP contribution < -0.4 is 15.4 Å². The van der Waals surface area contributed by atoms with E-state index in [2.05, 4.69) is 10.6 Å². The van der Waals surface area contributed by atoms with E-state index < -0.39 is 17.8 Å². The molecule has 0 bridgehead atoms. The number of anilines is 1. The average molecular weight is 433 g/mol. The maximum Gasteiger partial charge on any atom is 0.329 e. The fourth-order valence-corrected chi connectivity index (χ4v) is 4.02. The summed E-state index contributed by atoms with van der Waals surface area (Å²) in [6, 6.07) is 19.7. The third-order valence-corrected chi connectivity index (χ3v) is 5.69. The molecule has 0 unspecified atom stereocenters. The second kappa shape index (κ2) is 8.85. The highest BCUT2D eigenvalue weighted by Crippen LogP contribution is 2.31. The number of thiophene rings is 1. The van der Waals surface area contributed by atoms with E-state index >= 15 is 0 Å². The van der Waals surface area contributed by atoms with Gasteiger partial charge in [0.25, 0.3) is 5.91 Å². The second-order valence-electron chi connectivity index (χ2n) is 6.72. The summed E-state index contributed by atoms with van der Waals surface area (Å²) in [5.41, 5.74) is 1.76. The Morgan fingerprint density at radius 2 is 1.81 bits per heavy atom. The van der Waals surface area contributed by atoms with Gasteiger partial charge in [-0.3, -0.25) is 9.59 Å². The molecule has 0 atom stereocenters. The van der Waals surface area contributed by atoms with Crippen LogP contribution in [0.2, 0.25) is 0 Å². The van der Waals surface area contributed by atoms with Gasteiger partial charge in [-0.1, -0.05) is 18.2 Å². The summed E-state index contributed by atoms with van der Waals surface area (Å²) in [5, 5.41) is 5.21. The molecule has 7 nitrogen and oxygen atoms in total. The maximum absolute atomic E-state index is 12.6. The van der Waals surface area contributed by atoms with Crippen molar-refractivity contribution in [3.8, 4) is 16.2 Å². The van der Waals surface area contributed by atoms with Crippen LogP contribution in [0, 0.1) is 0 Å². The highest BCUT2D eigenvalue weighted by atomic mass is 32.1. The van der Waals surface area contributed by atoms with Gasteiger partial charge in [0.1, 0.15) is 18.0 Å². The van der Waals surface area contributed by atoms with Crippen LogP contribution in [0.15, 0.2) is 72.4 Å². The molecule has 1 fully saturated rings. The minimum atomic E-state index is -0.619. The largest absolute Gasteiger partial charge is 0.497 e. The number of carbonyl (C=O) groups excluding carboxylic acids is 3. The molecule has 2 heterocycles. The number of benzene rings is 2. The van der Waals surface area contributed by atoms with E-state index in [0.717, 1.165) is 26.0 Å². The van der Waals surface area contributed by atoms with Crippen LogP contribution >= 0.6 is 11.3 Å². The van der Waals surface area contributed by atoms with Gasteiger partial charge in [0.05, 0.1) is 7.11 Å². The molecule has 1 aromatic heterocycles.